The third-order valence-corrected chi connectivity index (χ3v) is 4.05. The second-order valence-electron chi connectivity index (χ2n) is 5.80. The molecule has 0 saturated carbocycles. The van der Waals surface area contributed by atoms with Gasteiger partial charge in [-0.1, -0.05) is 12.1 Å². The predicted octanol–water partition coefficient (Wildman–Crippen LogP) is 3.09. The van der Waals surface area contributed by atoms with Crippen molar-refractivity contribution >= 4 is 0 Å². The molecule has 1 atom stereocenters. The number of aryl methyl sites for hydroxylation is 2. The van der Waals surface area contributed by atoms with Crippen LogP contribution >= 0.6 is 0 Å². The number of alkyl halides is 2. The van der Waals surface area contributed by atoms with Crippen LogP contribution in [0.4, 0.5) is 8.78 Å². The first-order valence-corrected chi connectivity index (χ1v) is 7.44. The fourth-order valence-electron chi connectivity index (χ4n) is 3.10. The van der Waals surface area contributed by atoms with Crippen molar-refractivity contribution in [2.45, 2.75) is 45.9 Å². The van der Waals surface area contributed by atoms with E-state index in [1.54, 1.807) is 0 Å². The van der Waals surface area contributed by atoms with E-state index in [0.717, 1.165) is 36.3 Å². The molecule has 1 saturated heterocycles. The second kappa shape index (κ2) is 7.18. The molecular weight excluding hydrogens is 274 g/mol. The Morgan fingerprint density at radius 1 is 1.33 bits per heavy atom. The van der Waals surface area contributed by atoms with Gasteiger partial charge in [0.1, 0.15) is 5.75 Å². The summed E-state index contributed by atoms with van der Waals surface area (Å²) in [5.74, 6) is 0.306. The van der Waals surface area contributed by atoms with Gasteiger partial charge in [0.15, 0.2) is 0 Å². The van der Waals surface area contributed by atoms with Crippen LogP contribution in [-0.4, -0.2) is 37.7 Å². The summed E-state index contributed by atoms with van der Waals surface area (Å²) in [5.41, 5.74) is 2.70. The first-order chi connectivity index (χ1) is 9.99. The Morgan fingerprint density at radius 2 is 2.00 bits per heavy atom. The van der Waals surface area contributed by atoms with Crippen LogP contribution in [0.3, 0.4) is 0 Å². The van der Waals surface area contributed by atoms with Crippen molar-refractivity contribution in [2.75, 3.05) is 20.1 Å². The highest BCUT2D eigenvalue weighted by molar-refractivity contribution is 5.43. The number of nitrogens with zero attached hydrogens (tertiary/aromatic N) is 1. The Bertz CT molecular complexity index is 456. The molecule has 1 unspecified atom stereocenters. The van der Waals surface area contributed by atoms with E-state index in [0.29, 0.717) is 11.8 Å². The van der Waals surface area contributed by atoms with Crippen LogP contribution < -0.4 is 10.1 Å². The molecule has 1 aromatic rings. The zero-order chi connectivity index (χ0) is 15.4. The monoisotopic (exact) mass is 298 g/mol. The third kappa shape index (κ3) is 4.38. The lowest BCUT2D eigenvalue weighted by atomic mass is 10.0. The Hall–Kier alpha value is -1.20. The Kier molecular flexibility index (Phi) is 5.53. The largest absolute Gasteiger partial charge is 0.434 e. The molecule has 0 spiro atoms. The molecular formula is C16H24F2N2O. The Balaban J connectivity index is 2.07. The summed E-state index contributed by atoms with van der Waals surface area (Å²) in [6.07, 6.45) is 2.41. The molecule has 0 amide bonds. The summed E-state index contributed by atoms with van der Waals surface area (Å²) >= 11 is 0. The van der Waals surface area contributed by atoms with Crippen molar-refractivity contribution in [2.24, 2.45) is 0 Å². The lowest BCUT2D eigenvalue weighted by Gasteiger charge is -2.32. The number of piperidine rings is 1. The SMILES string of the molecule is CNC1CCCN(Cc2cc(C)c(OC(F)F)c(C)c2)C1. The molecule has 1 fully saturated rings. The summed E-state index contributed by atoms with van der Waals surface area (Å²) < 4.78 is 29.4. The number of ether oxygens (including phenoxy) is 1. The van der Waals surface area contributed by atoms with Crippen LogP contribution in [0.1, 0.15) is 29.5 Å². The Morgan fingerprint density at radius 3 is 2.57 bits per heavy atom. The van der Waals surface area contributed by atoms with E-state index in [1.807, 2.05) is 33.0 Å². The first-order valence-electron chi connectivity index (χ1n) is 7.44. The van der Waals surface area contributed by atoms with E-state index in [2.05, 4.69) is 15.0 Å². The van der Waals surface area contributed by atoms with Crippen LogP contribution in [0, 0.1) is 13.8 Å². The van der Waals surface area contributed by atoms with Crippen LogP contribution in [0.5, 0.6) is 5.75 Å². The molecule has 5 heteroatoms. The van der Waals surface area contributed by atoms with Gasteiger partial charge in [-0.2, -0.15) is 8.78 Å². The summed E-state index contributed by atoms with van der Waals surface area (Å²) in [4.78, 5) is 2.41. The summed E-state index contributed by atoms with van der Waals surface area (Å²) in [5, 5.41) is 3.33. The van der Waals surface area contributed by atoms with Crippen LogP contribution in [0.15, 0.2) is 12.1 Å². The van der Waals surface area contributed by atoms with E-state index < -0.39 is 6.61 Å². The molecule has 2 rings (SSSR count). The van der Waals surface area contributed by atoms with Gasteiger partial charge < -0.3 is 10.1 Å². The molecule has 0 aromatic heterocycles. The number of benzene rings is 1. The number of hydrogen-bond donors (Lipinski definition) is 1. The van der Waals surface area contributed by atoms with Crippen molar-refractivity contribution in [1.29, 1.82) is 0 Å². The second-order valence-corrected chi connectivity index (χ2v) is 5.80. The third-order valence-electron chi connectivity index (χ3n) is 4.05. The molecule has 1 heterocycles. The van der Waals surface area contributed by atoms with Crippen LogP contribution in [0.2, 0.25) is 0 Å². The minimum Gasteiger partial charge on any atom is -0.434 e. The van der Waals surface area contributed by atoms with Gasteiger partial charge in [-0.15, -0.1) is 0 Å². The quantitative estimate of drug-likeness (QED) is 0.904. The van der Waals surface area contributed by atoms with Gasteiger partial charge in [0, 0.05) is 19.1 Å². The highest BCUT2D eigenvalue weighted by Gasteiger charge is 2.19. The highest BCUT2D eigenvalue weighted by Crippen LogP contribution is 2.27. The number of halogens is 2. The van der Waals surface area contributed by atoms with Crippen molar-refractivity contribution in [3.8, 4) is 5.75 Å². The average Bonchev–Trinajstić information content (AvgIpc) is 2.43. The van der Waals surface area contributed by atoms with E-state index >= 15 is 0 Å². The Labute approximate surface area is 125 Å². The molecule has 3 nitrogen and oxygen atoms in total. The number of likely N-dealkylation sites (N-methyl/N-ethyl adjacent to an activating group) is 1. The van der Waals surface area contributed by atoms with Gasteiger partial charge in [0.05, 0.1) is 0 Å². The molecule has 0 aliphatic carbocycles. The van der Waals surface area contributed by atoms with E-state index in [4.69, 9.17) is 0 Å². The van der Waals surface area contributed by atoms with E-state index in [9.17, 15) is 8.78 Å². The molecule has 21 heavy (non-hydrogen) atoms. The van der Waals surface area contributed by atoms with Crippen LogP contribution in [0.25, 0.3) is 0 Å². The maximum atomic E-state index is 12.4. The molecule has 1 aliphatic rings. The van der Waals surface area contributed by atoms with Gasteiger partial charge in [-0.25, -0.2) is 0 Å². The maximum Gasteiger partial charge on any atom is 0.387 e. The summed E-state index contributed by atoms with van der Waals surface area (Å²) in [6, 6.07) is 4.45. The number of nitrogens with one attached hydrogen (secondary N) is 1. The maximum absolute atomic E-state index is 12.4. The number of hydrogen-bond acceptors (Lipinski definition) is 3. The van der Waals surface area contributed by atoms with Gasteiger partial charge in [0.25, 0.3) is 0 Å². The number of rotatable bonds is 5. The van der Waals surface area contributed by atoms with Crippen molar-refractivity contribution in [3.63, 3.8) is 0 Å². The van der Waals surface area contributed by atoms with Gasteiger partial charge >= 0.3 is 6.61 Å². The zero-order valence-corrected chi connectivity index (χ0v) is 13.0. The average molecular weight is 298 g/mol. The lowest BCUT2D eigenvalue weighted by Crippen LogP contribution is -2.43. The van der Waals surface area contributed by atoms with Crippen molar-refractivity contribution < 1.29 is 13.5 Å². The number of likely N-dealkylation sites (tertiary alicyclic amines) is 1. The lowest BCUT2D eigenvalue weighted by molar-refractivity contribution is -0.0507. The molecule has 0 bridgehead atoms. The zero-order valence-electron chi connectivity index (χ0n) is 13.0. The molecule has 1 N–H and O–H groups in total. The van der Waals surface area contributed by atoms with Crippen molar-refractivity contribution in [3.05, 3.63) is 28.8 Å². The van der Waals surface area contributed by atoms with Gasteiger partial charge in [-0.05, 0) is 57.0 Å². The topological polar surface area (TPSA) is 24.5 Å². The van der Waals surface area contributed by atoms with E-state index in [1.165, 1.54) is 12.8 Å². The van der Waals surface area contributed by atoms with E-state index in [-0.39, 0.29) is 0 Å². The summed E-state index contributed by atoms with van der Waals surface area (Å²) in [6.45, 7) is 3.85. The normalized spacial score (nSPS) is 20.0. The highest BCUT2D eigenvalue weighted by atomic mass is 19.3. The minimum atomic E-state index is -2.77. The predicted molar refractivity (Wildman–Crippen MR) is 79.9 cm³/mol. The fraction of sp³-hybridized carbons (Fsp3) is 0.625. The molecule has 118 valence electrons. The standard InChI is InChI=1S/C16H24F2N2O/c1-11-7-13(8-12(2)15(11)21-16(17)18)9-20-6-4-5-14(10-20)19-3/h7-8,14,16,19H,4-6,9-10H2,1-3H3. The van der Waals surface area contributed by atoms with Crippen LogP contribution in [-0.2, 0) is 6.54 Å². The summed E-state index contributed by atoms with van der Waals surface area (Å²) in [7, 11) is 2.00. The molecule has 0 radical (unpaired) electrons. The van der Waals surface area contributed by atoms with Gasteiger partial charge in [-0.3, -0.25) is 4.90 Å². The smallest absolute Gasteiger partial charge is 0.387 e. The first kappa shape index (κ1) is 16.2. The minimum absolute atomic E-state index is 0.306. The molecule has 1 aliphatic heterocycles. The van der Waals surface area contributed by atoms with Gasteiger partial charge in [0.2, 0.25) is 0 Å². The van der Waals surface area contributed by atoms with Crippen molar-refractivity contribution in [1.82, 2.24) is 10.2 Å². The fourth-order valence-corrected chi connectivity index (χ4v) is 3.10. The molecule has 1 aromatic carbocycles.